The van der Waals surface area contributed by atoms with Crippen molar-refractivity contribution in [2.45, 2.75) is 11.4 Å². The van der Waals surface area contributed by atoms with Crippen molar-refractivity contribution in [2.75, 3.05) is 36.8 Å². The van der Waals surface area contributed by atoms with Crippen molar-refractivity contribution in [1.29, 1.82) is 0 Å². The molecule has 1 aromatic carbocycles. The third kappa shape index (κ3) is 5.51. The minimum atomic E-state index is -0.297. The number of benzene rings is 1. The average molecular weight is 421 g/mol. The molecule has 3 aromatic rings. The van der Waals surface area contributed by atoms with Crippen LogP contribution in [0.4, 0.5) is 10.6 Å². The first-order valence-electron chi connectivity index (χ1n) is 10.0. The maximum Gasteiger partial charge on any atom is 0.415 e. The molecule has 30 heavy (non-hydrogen) atoms. The third-order valence-corrected chi connectivity index (χ3v) is 5.86. The van der Waals surface area contributed by atoms with Crippen LogP contribution in [0.1, 0.15) is 5.56 Å². The summed E-state index contributed by atoms with van der Waals surface area (Å²) < 4.78 is 5.56. The van der Waals surface area contributed by atoms with E-state index in [1.165, 1.54) is 5.56 Å². The number of thioether (sulfide) groups is 1. The maximum atomic E-state index is 12.5. The number of rotatable bonds is 6. The summed E-state index contributed by atoms with van der Waals surface area (Å²) >= 11 is 1.74. The second-order valence-corrected chi connectivity index (χ2v) is 8.06. The molecule has 1 fully saturated rings. The Balaban J connectivity index is 1.22. The number of amides is 1. The van der Waals surface area contributed by atoms with Crippen molar-refractivity contribution in [3.8, 4) is 5.75 Å². The van der Waals surface area contributed by atoms with E-state index in [1.54, 1.807) is 22.9 Å². The van der Waals surface area contributed by atoms with Gasteiger partial charge in [0.1, 0.15) is 11.6 Å². The molecule has 0 atom stereocenters. The zero-order chi connectivity index (χ0) is 20.6. The predicted octanol–water partition coefficient (Wildman–Crippen LogP) is 4.13. The molecule has 0 N–H and O–H groups in total. The SMILES string of the molecule is O=C(Oc1ccc(CCSc2ccccn2)cc1)N1CCN(c2ccccn2)CC1. The van der Waals surface area contributed by atoms with E-state index in [1.807, 2.05) is 66.9 Å². The molecule has 1 saturated heterocycles. The molecule has 3 heterocycles. The summed E-state index contributed by atoms with van der Waals surface area (Å²) in [6.45, 7) is 2.74. The first kappa shape index (κ1) is 20.2. The molecule has 0 bridgehead atoms. The van der Waals surface area contributed by atoms with Gasteiger partial charge in [0.2, 0.25) is 0 Å². The van der Waals surface area contributed by atoms with E-state index in [0.717, 1.165) is 36.1 Å². The number of hydrogen-bond donors (Lipinski definition) is 0. The number of aromatic nitrogens is 2. The number of nitrogens with zero attached hydrogens (tertiary/aromatic N) is 4. The summed E-state index contributed by atoms with van der Waals surface area (Å²) in [4.78, 5) is 25.1. The molecular formula is C23H24N4O2S. The van der Waals surface area contributed by atoms with E-state index >= 15 is 0 Å². The molecule has 1 aliphatic heterocycles. The zero-order valence-corrected chi connectivity index (χ0v) is 17.5. The maximum absolute atomic E-state index is 12.5. The van der Waals surface area contributed by atoms with Crippen LogP contribution in [-0.4, -0.2) is 52.9 Å². The van der Waals surface area contributed by atoms with E-state index in [2.05, 4.69) is 14.9 Å². The van der Waals surface area contributed by atoms with Crippen LogP contribution in [0.25, 0.3) is 0 Å². The standard InChI is InChI=1S/C23H24N4O2S/c28-23(27-16-14-26(15-17-27)21-5-1-3-12-24-21)29-20-9-7-19(8-10-20)11-18-30-22-6-2-4-13-25-22/h1-10,12-13H,11,14-18H2. The molecule has 154 valence electrons. The summed E-state index contributed by atoms with van der Waals surface area (Å²) in [5, 5.41) is 1.03. The van der Waals surface area contributed by atoms with Crippen LogP contribution in [0.3, 0.4) is 0 Å². The van der Waals surface area contributed by atoms with Gasteiger partial charge in [-0.3, -0.25) is 0 Å². The zero-order valence-electron chi connectivity index (χ0n) is 16.7. The van der Waals surface area contributed by atoms with Crippen LogP contribution in [-0.2, 0) is 6.42 Å². The Morgan fingerprint density at radius 1 is 0.900 bits per heavy atom. The van der Waals surface area contributed by atoms with Gasteiger partial charge in [-0.15, -0.1) is 11.8 Å². The molecule has 0 saturated carbocycles. The lowest BCUT2D eigenvalue weighted by atomic mass is 10.2. The largest absolute Gasteiger partial charge is 0.415 e. The minimum Gasteiger partial charge on any atom is -0.410 e. The number of pyridine rings is 2. The topological polar surface area (TPSA) is 58.6 Å². The summed E-state index contributed by atoms with van der Waals surface area (Å²) in [5.74, 6) is 2.48. The fraction of sp³-hybridized carbons (Fsp3) is 0.261. The Morgan fingerprint density at radius 2 is 1.63 bits per heavy atom. The average Bonchev–Trinajstić information content (AvgIpc) is 2.81. The molecule has 0 spiro atoms. The molecule has 0 radical (unpaired) electrons. The number of carbonyl (C=O) groups is 1. The Labute approximate surface area is 180 Å². The molecule has 6 nitrogen and oxygen atoms in total. The number of piperazine rings is 1. The molecule has 0 aliphatic carbocycles. The predicted molar refractivity (Wildman–Crippen MR) is 119 cm³/mol. The van der Waals surface area contributed by atoms with Gasteiger partial charge in [-0.05, 0) is 48.4 Å². The lowest BCUT2D eigenvalue weighted by Crippen LogP contribution is -2.49. The lowest BCUT2D eigenvalue weighted by molar-refractivity contribution is 0.149. The highest BCUT2D eigenvalue weighted by Gasteiger charge is 2.23. The smallest absolute Gasteiger partial charge is 0.410 e. The first-order chi connectivity index (χ1) is 14.8. The van der Waals surface area contributed by atoms with Crippen LogP contribution in [0.5, 0.6) is 5.75 Å². The molecular weight excluding hydrogens is 396 g/mol. The highest BCUT2D eigenvalue weighted by atomic mass is 32.2. The molecule has 1 aliphatic rings. The van der Waals surface area contributed by atoms with Gasteiger partial charge >= 0.3 is 6.09 Å². The van der Waals surface area contributed by atoms with Crippen molar-refractivity contribution >= 4 is 23.7 Å². The van der Waals surface area contributed by atoms with E-state index < -0.39 is 0 Å². The van der Waals surface area contributed by atoms with E-state index in [4.69, 9.17) is 4.74 Å². The Bertz CT molecular complexity index is 930. The third-order valence-electron chi connectivity index (χ3n) is 4.92. The highest BCUT2D eigenvalue weighted by molar-refractivity contribution is 7.99. The van der Waals surface area contributed by atoms with Crippen molar-refractivity contribution in [2.24, 2.45) is 0 Å². The van der Waals surface area contributed by atoms with Crippen molar-refractivity contribution in [1.82, 2.24) is 14.9 Å². The Morgan fingerprint density at radius 3 is 2.30 bits per heavy atom. The number of ether oxygens (including phenoxy) is 1. The van der Waals surface area contributed by atoms with Crippen LogP contribution >= 0.6 is 11.8 Å². The van der Waals surface area contributed by atoms with Gasteiger partial charge in [0.05, 0.1) is 5.03 Å². The van der Waals surface area contributed by atoms with Crippen molar-refractivity contribution in [3.05, 3.63) is 78.6 Å². The quantitative estimate of drug-likeness (QED) is 0.559. The molecule has 0 unspecified atom stereocenters. The minimum absolute atomic E-state index is 0.297. The normalized spacial score (nSPS) is 13.9. The molecule has 7 heteroatoms. The molecule has 2 aromatic heterocycles. The lowest BCUT2D eigenvalue weighted by Gasteiger charge is -2.34. The van der Waals surface area contributed by atoms with Crippen molar-refractivity contribution in [3.63, 3.8) is 0 Å². The van der Waals surface area contributed by atoms with E-state index in [-0.39, 0.29) is 6.09 Å². The van der Waals surface area contributed by atoms with Gasteiger partial charge in [-0.2, -0.15) is 0 Å². The molecule has 4 rings (SSSR count). The van der Waals surface area contributed by atoms with Crippen LogP contribution in [0, 0.1) is 0 Å². The number of carbonyl (C=O) groups excluding carboxylic acids is 1. The van der Waals surface area contributed by atoms with Gasteiger partial charge in [-0.1, -0.05) is 24.3 Å². The number of hydrogen-bond acceptors (Lipinski definition) is 6. The van der Waals surface area contributed by atoms with E-state index in [0.29, 0.717) is 18.8 Å². The second kappa shape index (κ2) is 10.1. The fourth-order valence-corrected chi connectivity index (χ4v) is 4.11. The van der Waals surface area contributed by atoms with Crippen LogP contribution in [0.15, 0.2) is 78.1 Å². The van der Waals surface area contributed by atoms with Gasteiger partial charge in [-0.25, -0.2) is 14.8 Å². The first-order valence-corrected chi connectivity index (χ1v) is 11.0. The highest BCUT2D eigenvalue weighted by Crippen LogP contribution is 2.19. The van der Waals surface area contributed by atoms with Gasteiger partial charge in [0.25, 0.3) is 0 Å². The van der Waals surface area contributed by atoms with Crippen LogP contribution in [0.2, 0.25) is 0 Å². The summed E-state index contributed by atoms with van der Waals surface area (Å²) in [6.07, 6.45) is 4.24. The second-order valence-electron chi connectivity index (χ2n) is 6.94. The van der Waals surface area contributed by atoms with Gasteiger partial charge < -0.3 is 14.5 Å². The summed E-state index contributed by atoms with van der Waals surface area (Å²) in [5.41, 5.74) is 1.21. The van der Waals surface area contributed by atoms with Crippen LogP contribution < -0.4 is 9.64 Å². The van der Waals surface area contributed by atoms with Gasteiger partial charge in [0.15, 0.2) is 0 Å². The summed E-state index contributed by atoms with van der Waals surface area (Å²) in [6, 6.07) is 19.6. The summed E-state index contributed by atoms with van der Waals surface area (Å²) in [7, 11) is 0. The number of anilines is 1. The fourth-order valence-electron chi connectivity index (χ4n) is 3.25. The Hall–Kier alpha value is -3.06. The molecule has 1 amide bonds. The van der Waals surface area contributed by atoms with Crippen molar-refractivity contribution < 1.29 is 9.53 Å². The Kier molecular flexibility index (Phi) is 6.82. The number of aryl methyl sites for hydroxylation is 1. The van der Waals surface area contributed by atoms with E-state index in [9.17, 15) is 4.79 Å². The monoisotopic (exact) mass is 420 g/mol. The van der Waals surface area contributed by atoms with Gasteiger partial charge in [0, 0.05) is 44.3 Å².